The molecule has 0 spiro atoms. The molecule has 130 valence electrons. The van der Waals surface area contributed by atoms with Gasteiger partial charge in [0, 0.05) is 61.2 Å². The molecule has 1 saturated heterocycles. The van der Waals surface area contributed by atoms with Gasteiger partial charge < -0.3 is 4.90 Å². The molecular formula is C20H19N5O. The Bertz CT molecular complexity index is 885. The number of rotatable bonds is 3. The molecular weight excluding hydrogens is 326 g/mol. The monoisotopic (exact) mass is 345 g/mol. The summed E-state index contributed by atoms with van der Waals surface area (Å²) in [5.74, 6) is 0.915. The average molecular weight is 345 g/mol. The number of carbonyl (C=O) groups is 1. The van der Waals surface area contributed by atoms with Crippen molar-refractivity contribution in [1.82, 2.24) is 24.8 Å². The largest absolute Gasteiger partial charge is 0.338 e. The fourth-order valence-corrected chi connectivity index (χ4v) is 3.31. The maximum absolute atomic E-state index is 12.7. The molecule has 1 aliphatic heterocycles. The summed E-state index contributed by atoms with van der Waals surface area (Å²) >= 11 is 0. The Balaban J connectivity index is 1.54. The Morgan fingerprint density at radius 1 is 1.04 bits per heavy atom. The van der Waals surface area contributed by atoms with Crippen molar-refractivity contribution in [1.29, 1.82) is 0 Å². The molecule has 0 aliphatic carbocycles. The Labute approximate surface area is 152 Å². The molecule has 1 atom stereocenters. The fourth-order valence-electron chi connectivity index (χ4n) is 3.31. The highest BCUT2D eigenvalue weighted by atomic mass is 16.2. The number of hydrogen-bond donors (Lipinski definition) is 0. The summed E-state index contributed by atoms with van der Waals surface area (Å²) in [6.45, 7) is 1.43. The first-order chi connectivity index (χ1) is 12.8. The molecule has 0 bridgehead atoms. The minimum Gasteiger partial charge on any atom is -0.338 e. The molecule has 1 aliphatic rings. The molecule has 1 amide bonds. The van der Waals surface area contributed by atoms with Crippen LogP contribution in [0.2, 0.25) is 0 Å². The van der Waals surface area contributed by atoms with E-state index in [4.69, 9.17) is 4.98 Å². The van der Waals surface area contributed by atoms with E-state index >= 15 is 0 Å². The lowest BCUT2D eigenvalue weighted by Crippen LogP contribution is -2.39. The minimum absolute atomic E-state index is 0.0318. The molecule has 4 rings (SSSR count). The molecule has 3 aromatic heterocycles. The van der Waals surface area contributed by atoms with E-state index in [9.17, 15) is 4.79 Å². The number of likely N-dealkylation sites (tertiary alicyclic amines) is 1. The maximum Gasteiger partial charge on any atom is 0.255 e. The number of carbonyl (C=O) groups excluding carboxylic acids is 1. The van der Waals surface area contributed by atoms with Crippen molar-refractivity contribution in [2.75, 3.05) is 13.1 Å². The predicted octanol–water partition coefficient (Wildman–Crippen LogP) is 2.95. The topological polar surface area (TPSA) is 71.9 Å². The molecule has 4 heterocycles. The summed E-state index contributed by atoms with van der Waals surface area (Å²) in [5.41, 5.74) is 2.50. The highest BCUT2D eigenvalue weighted by molar-refractivity contribution is 5.94. The van der Waals surface area contributed by atoms with Crippen molar-refractivity contribution in [3.05, 3.63) is 72.6 Å². The molecule has 0 radical (unpaired) electrons. The first kappa shape index (κ1) is 16.3. The number of pyridine rings is 2. The first-order valence-corrected chi connectivity index (χ1v) is 8.74. The number of nitrogens with zero attached hydrogens (tertiary/aromatic N) is 5. The van der Waals surface area contributed by atoms with Crippen molar-refractivity contribution in [3.8, 4) is 11.4 Å². The molecule has 3 aromatic rings. The predicted molar refractivity (Wildman–Crippen MR) is 97.4 cm³/mol. The lowest BCUT2D eigenvalue weighted by Gasteiger charge is -2.32. The van der Waals surface area contributed by atoms with Crippen molar-refractivity contribution in [3.63, 3.8) is 0 Å². The SMILES string of the molecule is O=C(c1cccnc1)N1CCC[C@@H](c2ccnc(-c3cccnc3)n2)C1. The number of hydrogen-bond acceptors (Lipinski definition) is 5. The Hall–Kier alpha value is -3.15. The van der Waals surface area contributed by atoms with E-state index in [0.717, 1.165) is 30.6 Å². The maximum atomic E-state index is 12.7. The quantitative estimate of drug-likeness (QED) is 0.730. The summed E-state index contributed by atoms with van der Waals surface area (Å²) in [5, 5.41) is 0. The molecule has 6 nitrogen and oxygen atoms in total. The van der Waals surface area contributed by atoms with E-state index in [1.54, 1.807) is 37.1 Å². The van der Waals surface area contributed by atoms with Crippen LogP contribution in [0.1, 0.15) is 34.8 Å². The normalized spacial score (nSPS) is 17.1. The molecule has 0 unspecified atom stereocenters. The van der Waals surface area contributed by atoms with E-state index in [2.05, 4.69) is 15.0 Å². The zero-order chi connectivity index (χ0) is 17.8. The third-order valence-electron chi connectivity index (χ3n) is 4.63. The second-order valence-corrected chi connectivity index (χ2v) is 6.38. The first-order valence-electron chi connectivity index (χ1n) is 8.74. The van der Waals surface area contributed by atoms with Crippen molar-refractivity contribution >= 4 is 5.91 Å². The van der Waals surface area contributed by atoms with Gasteiger partial charge in [-0.15, -0.1) is 0 Å². The van der Waals surface area contributed by atoms with Gasteiger partial charge in [0.25, 0.3) is 5.91 Å². The van der Waals surface area contributed by atoms with Crippen LogP contribution in [-0.4, -0.2) is 43.8 Å². The Kier molecular flexibility index (Phi) is 4.64. The van der Waals surface area contributed by atoms with Crippen LogP contribution in [-0.2, 0) is 0 Å². The summed E-state index contributed by atoms with van der Waals surface area (Å²) in [6, 6.07) is 9.37. The van der Waals surface area contributed by atoms with Gasteiger partial charge in [-0.3, -0.25) is 14.8 Å². The van der Waals surface area contributed by atoms with Gasteiger partial charge in [0.2, 0.25) is 0 Å². The van der Waals surface area contributed by atoms with Gasteiger partial charge in [-0.25, -0.2) is 9.97 Å². The molecule has 0 saturated carbocycles. The van der Waals surface area contributed by atoms with E-state index < -0.39 is 0 Å². The van der Waals surface area contributed by atoms with Crippen molar-refractivity contribution in [2.24, 2.45) is 0 Å². The van der Waals surface area contributed by atoms with Crippen LogP contribution in [0.15, 0.2) is 61.3 Å². The zero-order valence-corrected chi connectivity index (χ0v) is 14.3. The van der Waals surface area contributed by atoms with Gasteiger partial charge in [-0.1, -0.05) is 0 Å². The van der Waals surface area contributed by atoms with Gasteiger partial charge in [0.1, 0.15) is 0 Å². The van der Waals surface area contributed by atoms with Crippen LogP contribution in [0.4, 0.5) is 0 Å². The number of aromatic nitrogens is 4. The van der Waals surface area contributed by atoms with E-state index in [1.165, 1.54) is 0 Å². The van der Waals surface area contributed by atoms with Crippen LogP contribution in [0.5, 0.6) is 0 Å². The highest BCUT2D eigenvalue weighted by Gasteiger charge is 2.26. The van der Waals surface area contributed by atoms with Crippen molar-refractivity contribution < 1.29 is 4.79 Å². The molecule has 6 heteroatoms. The van der Waals surface area contributed by atoms with Crippen LogP contribution >= 0.6 is 0 Å². The average Bonchev–Trinajstić information content (AvgIpc) is 2.75. The van der Waals surface area contributed by atoms with Gasteiger partial charge >= 0.3 is 0 Å². The van der Waals surface area contributed by atoms with Gasteiger partial charge in [0.05, 0.1) is 5.56 Å². The van der Waals surface area contributed by atoms with E-state index in [-0.39, 0.29) is 11.8 Å². The van der Waals surface area contributed by atoms with Gasteiger partial charge in [-0.05, 0) is 43.2 Å². The third-order valence-corrected chi connectivity index (χ3v) is 4.63. The third kappa shape index (κ3) is 3.44. The second-order valence-electron chi connectivity index (χ2n) is 6.38. The number of piperidine rings is 1. The van der Waals surface area contributed by atoms with Gasteiger partial charge in [-0.2, -0.15) is 0 Å². The van der Waals surface area contributed by atoms with Gasteiger partial charge in [0.15, 0.2) is 5.82 Å². The lowest BCUT2D eigenvalue weighted by molar-refractivity contribution is 0.0705. The summed E-state index contributed by atoms with van der Waals surface area (Å²) in [6.07, 6.45) is 10.6. The summed E-state index contributed by atoms with van der Waals surface area (Å²) in [7, 11) is 0. The summed E-state index contributed by atoms with van der Waals surface area (Å²) in [4.78, 5) is 31.9. The van der Waals surface area contributed by atoms with Crippen molar-refractivity contribution in [2.45, 2.75) is 18.8 Å². The number of amides is 1. The molecule has 26 heavy (non-hydrogen) atoms. The highest BCUT2D eigenvalue weighted by Crippen LogP contribution is 2.27. The minimum atomic E-state index is 0.0318. The molecule has 0 aromatic carbocycles. The van der Waals surface area contributed by atoms with E-state index in [0.29, 0.717) is 17.9 Å². The van der Waals surface area contributed by atoms with Crippen LogP contribution in [0.25, 0.3) is 11.4 Å². The van der Waals surface area contributed by atoms with Crippen LogP contribution in [0, 0.1) is 0 Å². The second kappa shape index (κ2) is 7.39. The molecule has 0 N–H and O–H groups in total. The smallest absolute Gasteiger partial charge is 0.255 e. The Morgan fingerprint density at radius 2 is 1.88 bits per heavy atom. The Morgan fingerprint density at radius 3 is 2.65 bits per heavy atom. The zero-order valence-electron chi connectivity index (χ0n) is 14.3. The summed E-state index contributed by atoms with van der Waals surface area (Å²) < 4.78 is 0. The molecule has 1 fully saturated rings. The van der Waals surface area contributed by atoms with E-state index in [1.807, 2.05) is 29.2 Å². The fraction of sp³-hybridized carbons (Fsp3) is 0.250. The van der Waals surface area contributed by atoms with Crippen LogP contribution in [0.3, 0.4) is 0 Å². The van der Waals surface area contributed by atoms with Crippen LogP contribution < -0.4 is 0 Å². The lowest BCUT2D eigenvalue weighted by atomic mass is 9.94. The standard InChI is InChI=1S/C20H19N5O/c26-20(16-5-2-9-22-13-16)25-11-3-6-17(14-25)18-7-10-23-19(24-18)15-4-1-8-21-12-15/h1-2,4-5,7-10,12-13,17H,3,6,11,14H2/t17-/m1/s1.